The number of aromatic nitrogens is 3. The number of H-pyrrole nitrogens is 1. The van der Waals surface area contributed by atoms with E-state index in [1.807, 2.05) is 4.90 Å². The van der Waals surface area contributed by atoms with Gasteiger partial charge in [-0.05, 0) is 31.4 Å². The van der Waals surface area contributed by atoms with E-state index in [0.29, 0.717) is 24.1 Å². The molecule has 24 heavy (non-hydrogen) atoms. The predicted molar refractivity (Wildman–Crippen MR) is 90.0 cm³/mol. The molecule has 0 unspecified atom stereocenters. The highest BCUT2D eigenvalue weighted by Crippen LogP contribution is 2.28. The van der Waals surface area contributed by atoms with E-state index < -0.39 is 0 Å². The molecule has 2 aromatic rings. The summed E-state index contributed by atoms with van der Waals surface area (Å²) in [6.45, 7) is 1.42. The van der Waals surface area contributed by atoms with E-state index in [2.05, 4.69) is 20.3 Å². The molecule has 2 N–H and O–H groups in total. The van der Waals surface area contributed by atoms with Crippen LogP contribution in [0.5, 0.6) is 5.88 Å². The quantitative estimate of drug-likeness (QED) is 0.813. The number of ether oxygens (including phenoxy) is 1. The third-order valence-corrected chi connectivity index (χ3v) is 4.23. The van der Waals surface area contributed by atoms with Crippen LogP contribution in [0, 0.1) is 0 Å². The number of nitrogens with zero attached hydrogens (tertiary/aromatic N) is 3. The fourth-order valence-corrected chi connectivity index (χ4v) is 2.98. The van der Waals surface area contributed by atoms with Gasteiger partial charge in [-0.3, -0.25) is 0 Å². The molecular weight excluding hydrogens is 330 g/mol. The number of aromatic amines is 1. The maximum Gasteiger partial charge on any atom is 0.318 e. The minimum absolute atomic E-state index is 0.0000900. The number of imidazole rings is 1. The smallest absolute Gasteiger partial charge is 0.318 e. The number of carbonyl (C=O) groups is 1. The number of halogens is 1. The van der Waals surface area contributed by atoms with Crippen LogP contribution in [-0.4, -0.2) is 45.6 Å². The summed E-state index contributed by atoms with van der Waals surface area (Å²) in [5.41, 5.74) is 0. The van der Waals surface area contributed by atoms with E-state index >= 15 is 0 Å². The van der Waals surface area contributed by atoms with Crippen LogP contribution in [0.3, 0.4) is 0 Å². The number of likely N-dealkylation sites (tertiary alicyclic amines) is 1. The fraction of sp³-hybridized carbons (Fsp3) is 0.438. The second kappa shape index (κ2) is 8.01. The van der Waals surface area contributed by atoms with Crippen LogP contribution in [0.25, 0.3) is 0 Å². The number of amides is 2. The van der Waals surface area contributed by atoms with Crippen LogP contribution in [0.4, 0.5) is 4.79 Å². The number of carbonyl (C=O) groups excluding carboxylic acids is 1. The number of hydrogen-bond acceptors (Lipinski definition) is 4. The molecule has 1 aliphatic heterocycles. The zero-order chi connectivity index (χ0) is 16.8. The second-order valence-electron chi connectivity index (χ2n) is 5.55. The fourth-order valence-electron chi connectivity index (χ4n) is 2.80. The van der Waals surface area contributed by atoms with E-state index in [1.54, 1.807) is 30.7 Å². The molecular formula is C16H20ClN5O2. The lowest BCUT2D eigenvalue weighted by Gasteiger charge is -2.34. The third-order valence-electron chi connectivity index (χ3n) is 3.94. The van der Waals surface area contributed by atoms with Crippen molar-refractivity contribution in [2.45, 2.75) is 25.3 Å². The summed E-state index contributed by atoms with van der Waals surface area (Å²) < 4.78 is 5.48. The molecule has 128 valence electrons. The summed E-state index contributed by atoms with van der Waals surface area (Å²) in [6, 6.07) is 3.35. The molecule has 1 saturated heterocycles. The Morgan fingerprint density at radius 1 is 1.42 bits per heavy atom. The molecule has 2 amide bonds. The van der Waals surface area contributed by atoms with Crippen molar-refractivity contribution >= 4 is 17.6 Å². The van der Waals surface area contributed by atoms with Gasteiger partial charge in [0, 0.05) is 25.1 Å². The first-order valence-corrected chi connectivity index (χ1v) is 8.40. The first-order chi connectivity index (χ1) is 11.8. The Balaban J connectivity index is 1.49. The van der Waals surface area contributed by atoms with Gasteiger partial charge in [0.2, 0.25) is 5.88 Å². The average Bonchev–Trinajstić information content (AvgIpc) is 3.14. The van der Waals surface area contributed by atoms with Crippen molar-refractivity contribution in [1.82, 2.24) is 25.2 Å². The van der Waals surface area contributed by atoms with Gasteiger partial charge in [-0.15, -0.1) is 0 Å². The van der Waals surface area contributed by atoms with Gasteiger partial charge in [-0.2, -0.15) is 0 Å². The summed E-state index contributed by atoms with van der Waals surface area (Å²) in [5, 5.41) is 3.34. The lowest BCUT2D eigenvalue weighted by atomic mass is 10.0. The maximum atomic E-state index is 12.5. The molecule has 8 heteroatoms. The lowest BCUT2D eigenvalue weighted by Crippen LogP contribution is -2.45. The van der Waals surface area contributed by atoms with Gasteiger partial charge in [0.05, 0.1) is 12.6 Å². The second-order valence-corrected chi connectivity index (χ2v) is 5.96. The van der Waals surface area contributed by atoms with Crippen molar-refractivity contribution in [1.29, 1.82) is 0 Å². The van der Waals surface area contributed by atoms with Gasteiger partial charge >= 0.3 is 6.03 Å². The summed E-state index contributed by atoms with van der Waals surface area (Å²) in [4.78, 5) is 25.7. The molecule has 7 nitrogen and oxygen atoms in total. The van der Waals surface area contributed by atoms with Gasteiger partial charge in [-0.25, -0.2) is 14.8 Å². The van der Waals surface area contributed by atoms with Crippen LogP contribution in [-0.2, 0) is 0 Å². The maximum absolute atomic E-state index is 12.5. The molecule has 0 aromatic carbocycles. The van der Waals surface area contributed by atoms with E-state index in [0.717, 1.165) is 31.6 Å². The molecule has 2 aromatic heterocycles. The molecule has 0 spiro atoms. The number of hydrogen-bond donors (Lipinski definition) is 2. The minimum Gasteiger partial charge on any atom is -0.475 e. The molecule has 1 aliphatic rings. The first-order valence-electron chi connectivity index (χ1n) is 8.03. The van der Waals surface area contributed by atoms with Gasteiger partial charge in [0.15, 0.2) is 0 Å². The Labute approximate surface area is 145 Å². The monoisotopic (exact) mass is 349 g/mol. The van der Waals surface area contributed by atoms with E-state index in [9.17, 15) is 4.79 Å². The molecule has 0 aliphatic carbocycles. The van der Waals surface area contributed by atoms with Crippen LogP contribution < -0.4 is 10.1 Å². The molecule has 1 fully saturated rings. The highest BCUT2D eigenvalue weighted by atomic mass is 35.5. The highest BCUT2D eigenvalue weighted by Gasteiger charge is 2.29. The van der Waals surface area contributed by atoms with Crippen molar-refractivity contribution in [2.24, 2.45) is 0 Å². The molecule has 0 saturated carbocycles. The van der Waals surface area contributed by atoms with Gasteiger partial charge in [-0.1, -0.05) is 11.6 Å². The standard InChI is InChI=1S/C16H20ClN5O2/c17-12-4-3-6-20-15(12)24-11-9-21-16(23)22-10-2-1-5-13(22)14-18-7-8-19-14/h3-4,6-8,13H,1-2,5,9-11H2,(H,18,19)(H,21,23)/t13-/m1/s1. The van der Waals surface area contributed by atoms with Gasteiger partial charge in [0.1, 0.15) is 17.5 Å². The number of nitrogens with one attached hydrogen (secondary N) is 2. The highest BCUT2D eigenvalue weighted by molar-refractivity contribution is 6.31. The van der Waals surface area contributed by atoms with E-state index in [4.69, 9.17) is 16.3 Å². The normalized spacial score (nSPS) is 17.5. The topological polar surface area (TPSA) is 83.1 Å². The Morgan fingerprint density at radius 2 is 2.33 bits per heavy atom. The zero-order valence-corrected chi connectivity index (χ0v) is 14.0. The Kier molecular flexibility index (Phi) is 5.53. The number of urea groups is 1. The van der Waals surface area contributed by atoms with Crippen molar-refractivity contribution in [3.05, 3.63) is 41.6 Å². The summed E-state index contributed by atoms with van der Waals surface area (Å²) in [5.74, 6) is 1.21. The summed E-state index contributed by atoms with van der Waals surface area (Å²) in [6.07, 6.45) is 8.12. The molecule has 1 atom stereocenters. The largest absolute Gasteiger partial charge is 0.475 e. The minimum atomic E-state index is -0.105. The Morgan fingerprint density at radius 3 is 3.12 bits per heavy atom. The number of pyridine rings is 1. The van der Waals surface area contributed by atoms with Crippen LogP contribution >= 0.6 is 11.6 Å². The first kappa shape index (κ1) is 16.6. The summed E-state index contributed by atoms with van der Waals surface area (Å²) in [7, 11) is 0. The Hall–Kier alpha value is -2.28. The number of rotatable bonds is 5. The van der Waals surface area contributed by atoms with Gasteiger partial charge in [0.25, 0.3) is 0 Å². The zero-order valence-electron chi connectivity index (χ0n) is 13.2. The summed E-state index contributed by atoms with van der Waals surface area (Å²) >= 11 is 5.97. The molecule has 0 bridgehead atoms. The van der Waals surface area contributed by atoms with E-state index in [1.165, 1.54) is 0 Å². The lowest BCUT2D eigenvalue weighted by molar-refractivity contribution is 0.146. The van der Waals surface area contributed by atoms with Crippen molar-refractivity contribution < 1.29 is 9.53 Å². The third kappa shape index (κ3) is 3.97. The SMILES string of the molecule is O=C(NCCOc1ncccc1Cl)N1CCCC[C@@H]1c1ncc[nH]1. The molecule has 3 rings (SSSR count). The van der Waals surface area contributed by atoms with Crippen molar-refractivity contribution in [3.63, 3.8) is 0 Å². The predicted octanol–water partition coefficient (Wildman–Crippen LogP) is 2.77. The van der Waals surface area contributed by atoms with Crippen molar-refractivity contribution in [2.75, 3.05) is 19.7 Å². The van der Waals surface area contributed by atoms with Crippen molar-refractivity contribution in [3.8, 4) is 5.88 Å². The van der Waals surface area contributed by atoms with Crippen LogP contribution in [0.15, 0.2) is 30.7 Å². The average molecular weight is 350 g/mol. The van der Waals surface area contributed by atoms with E-state index in [-0.39, 0.29) is 12.1 Å². The molecule has 3 heterocycles. The van der Waals surface area contributed by atoms with Gasteiger partial charge < -0.3 is 19.9 Å². The van der Waals surface area contributed by atoms with Crippen LogP contribution in [0.2, 0.25) is 5.02 Å². The Bertz CT molecular complexity index is 664. The molecule has 0 radical (unpaired) electrons. The number of piperidine rings is 1. The van der Waals surface area contributed by atoms with Crippen LogP contribution in [0.1, 0.15) is 31.1 Å².